The van der Waals surface area contributed by atoms with Crippen LogP contribution in [0.1, 0.15) is 25.3 Å². The molecule has 5 heteroatoms. The number of nitrogen functional groups attached to an aromatic ring is 1. The highest BCUT2D eigenvalue weighted by molar-refractivity contribution is 5.78. The monoisotopic (exact) mass is 264 g/mol. The van der Waals surface area contributed by atoms with Gasteiger partial charge in [-0.1, -0.05) is 19.1 Å². The summed E-state index contributed by atoms with van der Waals surface area (Å²) in [6.07, 6.45) is 1.55. The largest absolute Gasteiger partial charge is 0.481 e. The number of carbonyl (C=O) groups excluding carboxylic acids is 1. The molecule has 0 heterocycles. The average molecular weight is 264 g/mol. The predicted octanol–water partition coefficient (Wildman–Crippen LogP) is 1.43. The molecule has 1 rings (SSSR count). The van der Waals surface area contributed by atoms with Gasteiger partial charge in [-0.05, 0) is 30.5 Å². The fourth-order valence-corrected chi connectivity index (χ4v) is 1.64. The summed E-state index contributed by atoms with van der Waals surface area (Å²) in [5.41, 5.74) is 7.14. The third-order valence-corrected chi connectivity index (χ3v) is 2.90. The molecule has 0 spiro atoms. The minimum Gasteiger partial charge on any atom is -0.481 e. The summed E-state index contributed by atoms with van der Waals surface area (Å²) in [4.78, 5) is 22.2. The first-order valence-corrected chi connectivity index (χ1v) is 6.33. The summed E-state index contributed by atoms with van der Waals surface area (Å²) in [5.74, 6) is -1.23. The number of nitrogens with two attached hydrogens (primary N) is 1. The molecule has 4 N–H and O–H groups in total. The first-order valence-electron chi connectivity index (χ1n) is 6.33. The number of carboxylic acid groups (broad SMARTS) is 1. The minimum atomic E-state index is -0.798. The van der Waals surface area contributed by atoms with Gasteiger partial charge in [-0.3, -0.25) is 9.59 Å². The smallest absolute Gasteiger partial charge is 0.306 e. The van der Waals surface area contributed by atoms with Gasteiger partial charge in [0.25, 0.3) is 0 Å². The fraction of sp³-hybridized carbons (Fsp3) is 0.429. The van der Waals surface area contributed by atoms with Gasteiger partial charge in [0.15, 0.2) is 0 Å². The second kappa shape index (κ2) is 7.41. The van der Waals surface area contributed by atoms with E-state index < -0.39 is 5.97 Å². The van der Waals surface area contributed by atoms with Crippen LogP contribution in [0.5, 0.6) is 0 Å². The molecule has 104 valence electrons. The molecule has 0 aromatic heterocycles. The Labute approximate surface area is 112 Å². The summed E-state index contributed by atoms with van der Waals surface area (Å²) >= 11 is 0. The molecule has 1 amide bonds. The Balaban J connectivity index is 2.21. The molecule has 1 aromatic rings. The van der Waals surface area contributed by atoms with Crippen molar-refractivity contribution in [1.29, 1.82) is 0 Å². The molecule has 0 aliphatic carbocycles. The van der Waals surface area contributed by atoms with Crippen molar-refractivity contribution in [3.63, 3.8) is 0 Å². The number of aliphatic carboxylic acids is 1. The Morgan fingerprint density at radius 3 is 2.53 bits per heavy atom. The number of hydrogen-bond acceptors (Lipinski definition) is 3. The van der Waals surface area contributed by atoms with E-state index in [0.29, 0.717) is 31.5 Å². The maximum Gasteiger partial charge on any atom is 0.306 e. The molecule has 0 saturated carbocycles. The first-order chi connectivity index (χ1) is 8.99. The van der Waals surface area contributed by atoms with Crippen molar-refractivity contribution in [2.24, 2.45) is 5.92 Å². The molecule has 0 aliphatic rings. The highest BCUT2D eigenvalue weighted by Crippen LogP contribution is 2.06. The van der Waals surface area contributed by atoms with E-state index in [2.05, 4.69) is 5.32 Å². The molecule has 0 fully saturated rings. The number of carboxylic acids is 1. The summed E-state index contributed by atoms with van der Waals surface area (Å²) in [6, 6.07) is 7.16. The zero-order valence-electron chi connectivity index (χ0n) is 11.1. The Morgan fingerprint density at radius 2 is 1.95 bits per heavy atom. The highest BCUT2D eigenvalue weighted by atomic mass is 16.4. The lowest BCUT2D eigenvalue weighted by molar-refractivity contribution is -0.141. The Hall–Kier alpha value is -2.04. The standard InChI is InChI=1S/C14H20N2O3/c1-10(14(18)19)3-2-8-16-13(17)9-11-4-6-12(15)7-5-11/h4-7,10H,2-3,8-9,15H2,1H3,(H,16,17)(H,18,19). The van der Waals surface area contributed by atoms with Crippen molar-refractivity contribution in [2.75, 3.05) is 12.3 Å². The summed E-state index contributed by atoms with van der Waals surface area (Å²) in [6.45, 7) is 2.17. The second-order valence-corrected chi connectivity index (χ2v) is 4.65. The number of carbonyl (C=O) groups is 2. The van der Waals surface area contributed by atoms with Crippen LogP contribution >= 0.6 is 0 Å². The van der Waals surface area contributed by atoms with Gasteiger partial charge in [0.1, 0.15) is 0 Å². The second-order valence-electron chi connectivity index (χ2n) is 4.65. The molecule has 19 heavy (non-hydrogen) atoms. The topological polar surface area (TPSA) is 92.4 Å². The number of rotatable bonds is 7. The maximum atomic E-state index is 11.6. The minimum absolute atomic E-state index is 0.0623. The predicted molar refractivity (Wildman–Crippen MR) is 73.6 cm³/mol. The fourth-order valence-electron chi connectivity index (χ4n) is 1.64. The lowest BCUT2D eigenvalue weighted by Crippen LogP contribution is -2.26. The summed E-state index contributed by atoms with van der Waals surface area (Å²) in [5, 5.41) is 11.5. The Morgan fingerprint density at radius 1 is 1.32 bits per heavy atom. The van der Waals surface area contributed by atoms with Crippen molar-refractivity contribution in [3.8, 4) is 0 Å². The van der Waals surface area contributed by atoms with Gasteiger partial charge >= 0.3 is 5.97 Å². The van der Waals surface area contributed by atoms with Crippen LogP contribution in [0.3, 0.4) is 0 Å². The molecular formula is C14H20N2O3. The van der Waals surface area contributed by atoms with Gasteiger partial charge in [-0.2, -0.15) is 0 Å². The van der Waals surface area contributed by atoms with E-state index in [1.807, 2.05) is 12.1 Å². The summed E-state index contributed by atoms with van der Waals surface area (Å²) < 4.78 is 0. The van der Waals surface area contributed by atoms with Crippen molar-refractivity contribution in [3.05, 3.63) is 29.8 Å². The van der Waals surface area contributed by atoms with Crippen LogP contribution in [0.25, 0.3) is 0 Å². The van der Waals surface area contributed by atoms with Crippen LogP contribution in [0, 0.1) is 5.92 Å². The van der Waals surface area contributed by atoms with Gasteiger partial charge in [-0.25, -0.2) is 0 Å². The van der Waals surface area contributed by atoms with E-state index in [9.17, 15) is 9.59 Å². The van der Waals surface area contributed by atoms with E-state index in [0.717, 1.165) is 5.56 Å². The van der Waals surface area contributed by atoms with Crippen LogP contribution in [0.4, 0.5) is 5.69 Å². The third kappa shape index (κ3) is 5.90. The van der Waals surface area contributed by atoms with E-state index in [1.54, 1.807) is 19.1 Å². The zero-order chi connectivity index (χ0) is 14.3. The lowest BCUT2D eigenvalue weighted by Gasteiger charge is -2.07. The molecule has 0 aliphatic heterocycles. The van der Waals surface area contributed by atoms with Crippen LogP contribution in [-0.4, -0.2) is 23.5 Å². The molecule has 5 nitrogen and oxygen atoms in total. The maximum absolute atomic E-state index is 11.6. The van der Waals surface area contributed by atoms with Crippen LogP contribution in [-0.2, 0) is 16.0 Å². The van der Waals surface area contributed by atoms with Crippen molar-refractivity contribution in [2.45, 2.75) is 26.2 Å². The summed E-state index contributed by atoms with van der Waals surface area (Å²) in [7, 11) is 0. The molecule has 0 radical (unpaired) electrons. The van der Waals surface area contributed by atoms with E-state index in [1.165, 1.54) is 0 Å². The van der Waals surface area contributed by atoms with E-state index >= 15 is 0 Å². The average Bonchev–Trinajstić information content (AvgIpc) is 2.37. The quantitative estimate of drug-likeness (QED) is 0.513. The van der Waals surface area contributed by atoms with Gasteiger partial charge < -0.3 is 16.2 Å². The van der Waals surface area contributed by atoms with Gasteiger partial charge in [-0.15, -0.1) is 0 Å². The lowest BCUT2D eigenvalue weighted by atomic mass is 10.1. The van der Waals surface area contributed by atoms with Gasteiger partial charge in [0.05, 0.1) is 12.3 Å². The van der Waals surface area contributed by atoms with Crippen molar-refractivity contribution >= 4 is 17.6 Å². The number of anilines is 1. The third-order valence-electron chi connectivity index (χ3n) is 2.90. The Kier molecular flexibility index (Phi) is 5.85. The SMILES string of the molecule is CC(CCCNC(=O)Cc1ccc(N)cc1)C(=O)O. The van der Waals surface area contributed by atoms with Gasteiger partial charge in [0, 0.05) is 12.2 Å². The molecule has 1 aromatic carbocycles. The molecule has 1 unspecified atom stereocenters. The zero-order valence-corrected chi connectivity index (χ0v) is 11.1. The van der Waals surface area contributed by atoms with E-state index in [4.69, 9.17) is 10.8 Å². The van der Waals surface area contributed by atoms with Crippen LogP contribution < -0.4 is 11.1 Å². The Bertz CT molecular complexity index is 429. The molecule has 1 atom stereocenters. The van der Waals surface area contributed by atoms with Crippen LogP contribution in [0.2, 0.25) is 0 Å². The van der Waals surface area contributed by atoms with Crippen molar-refractivity contribution in [1.82, 2.24) is 5.32 Å². The highest BCUT2D eigenvalue weighted by Gasteiger charge is 2.10. The van der Waals surface area contributed by atoms with Crippen molar-refractivity contribution < 1.29 is 14.7 Å². The van der Waals surface area contributed by atoms with E-state index in [-0.39, 0.29) is 11.8 Å². The van der Waals surface area contributed by atoms with Crippen LogP contribution in [0.15, 0.2) is 24.3 Å². The number of nitrogens with one attached hydrogen (secondary N) is 1. The molecule has 0 bridgehead atoms. The number of amides is 1. The molecular weight excluding hydrogens is 244 g/mol. The molecule has 0 saturated heterocycles. The number of hydrogen-bond donors (Lipinski definition) is 3. The normalized spacial score (nSPS) is 11.8. The first kappa shape index (κ1) is 15.0. The van der Waals surface area contributed by atoms with Gasteiger partial charge in [0.2, 0.25) is 5.91 Å². The number of benzene rings is 1.